The summed E-state index contributed by atoms with van der Waals surface area (Å²) < 4.78 is 78.1. The Labute approximate surface area is 136 Å². The summed E-state index contributed by atoms with van der Waals surface area (Å²) in [5.74, 6) is 0. The zero-order valence-corrected chi connectivity index (χ0v) is 12.2. The van der Waals surface area contributed by atoms with Gasteiger partial charge in [-0.15, -0.1) is 0 Å². The number of hydrogen-bond acceptors (Lipinski definition) is 3. The molecular formula is C15H9F6N3O. The third-order valence-electron chi connectivity index (χ3n) is 3.47. The van der Waals surface area contributed by atoms with Crippen LogP contribution in [0.1, 0.15) is 17.4 Å². The predicted octanol–water partition coefficient (Wildman–Crippen LogP) is 4.04. The summed E-state index contributed by atoms with van der Waals surface area (Å²) in [6, 6.07) is 6.33. The number of pyridine rings is 1. The van der Waals surface area contributed by atoms with Crippen LogP contribution in [0.4, 0.5) is 26.3 Å². The first kappa shape index (κ1) is 17.2. The number of nitrogens with zero attached hydrogens (tertiary/aromatic N) is 3. The number of para-hydroxylation sites is 1. The molecule has 0 bridgehead atoms. The Kier molecular flexibility index (Phi) is 3.94. The van der Waals surface area contributed by atoms with Crippen molar-refractivity contribution in [2.45, 2.75) is 18.5 Å². The maximum atomic E-state index is 13.1. The Balaban J connectivity index is 2.18. The standard InChI is InChI=1S/C15H9F6N3O/c16-14(17,18)12-10-3-1-2-4-11(10)24(23-12)9-5-8(6-22-7-9)13(25)15(19,20)21/h1-7,13,25H/t13-/m0/s1. The lowest BCUT2D eigenvalue weighted by Crippen LogP contribution is -2.20. The number of aliphatic hydroxyl groups excluding tert-OH is 1. The van der Waals surface area contributed by atoms with Gasteiger partial charge in [0.1, 0.15) is 0 Å². The van der Waals surface area contributed by atoms with E-state index in [1.54, 1.807) is 0 Å². The smallest absolute Gasteiger partial charge is 0.379 e. The highest BCUT2D eigenvalue weighted by Gasteiger charge is 2.40. The van der Waals surface area contributed by atoms with Crippen molar-refractivity contribution >= 4 is 10.9 Å². The van der Waals surface area contributed by atoms with E-state index in [4.69, 9.17) is 0 Å². The van der Waals surface area contributed by atoms with Crippen molar-refractivity contribution in [3.63, 3.8) is 0 Å². The summed E-state index contributed by atoms with van der Waals surface area (Å²) in [7, 11) is 0. The fraction of sp³-hybridized carbons (Fsp3) is 0.200. The van der Waals surface area contributed by atoms with Crippen LogP contribution >= 0.6 is 0 Å². The van der Waals surface area contributed by atoms with Gasteiger partial charge in [0.25, 0.3) is 0 Å². The van der Waals surface area contributed by atoms with E-state index in [0.717, 1.165) is 23.1 Å². The Bertz CT molecular complexity index is 916. The SMILES string of the molecule is O[C@@H](c1cncc(-n2nc(C(F)(F)F)c3ccccc32)c1)C(F)(F)F. The molecule has 25 heavy (non-hydrogen) atoms. The number of fused-ring (bicyclic) bond motifs is 1. The lowest BCUT2D eigenvalue weighted by Gasteiger charge is -2.15. The van der Waals surface area contributed by atoms with Gasteiger partial charge in [-0.3, -0.25) is 4.98 Å². The quantitative estimate of drug-likeness (QED) is 0.701. The summed E-state index contributed by atoms with van der Waals surface area (Å²) in [5.41, 5.74) is -1.84. The molecule has 4 nitrogen and oxygen atoms in total. The van der Waals surface area contributed by atoms with E-state index in [1.165, 1.54) is 24.3 Å². The average molecular weight is 361 g/mol. The molecule has 0 radical (unpaired) electrons. The number of rotatable bonds is 2. The number of benzene rings is 1. The van der Waals surface area contributed by atoms with E-state index >= 15 is 0 Å². The normalized spacial score (nSPS) is 14.0. The molecule has 0 aliphatic rings. The second kappa shape index (κ2) is 5.73. The van der Waals surface area contributed by atoms with Gasteiger partial charge >= 0.3 is 12.4 Å². The van der Waals surface area contributed by atoms with Gasteiger partial charge in [-0.2, -0.15) is 31.4 Å². The second-order valence-corrected chi connectivity index (χ2v) is 5.20. The highest BCUT2D eigenvalue weighted by Crippen LogP contribution is 2.36. The molecule has 0 fully saturated rings. The average Bonchev–Trinajstić information content (AvgIpc) is 2.93. The van der Waals surface area contributed by atoms with Crippen LogP contribution in [0.5, 0.6) is 0 Å². The van der Waals surface area contributed by atoms with Crippen molar-refractivity contribution in [3.8, 4) is 5.69 Å². The van der Waals surface area contributed by atoms with Crippen LogP contribution < -0.4 is 0 Å². The fourth-order valence-electron chi connectivity index (χ4n) is 2.37. The number of alkyl halides is 6. The van der Waals surface area contributed by atoms with Crippen molar-refractivity contribution in [3.05, 3.63) is 54.0 Å². The van der Waals surface area contributed by atoms with Gasteiger partial charge in [0.05, 0.1) is 17.4 Å². The number of hydrogen-bond donors (Lipinski definition) is 1. The molecule has 10 heteroatoms. The van der Waals surface area contributed by atoms with Gasteiger partial charge in [0, 0.05) is 17.1 Å². The van der Waals surface area contributed by atoms with E-state index in [9.17, 15) is 31.4 Å². The molecule has 0 saturated carbocycles. The first-order valence-electron chi connectivity index (χ1n) is 6.84. The second-order valence-electron chi connectivity index (χ2n) is 5.20. The van der Waals surface area contributed by atoms with E-state index in [-0.39, 0.29) is 16.6 Å². The molecule has 2 aromatic heterocycles. The van der Waals surface area contributed by atoms with Gasteiger partial charge in [-0.05, 0) is 12.1 Å². The lowest BCUT2D eigenvalue weighted by molar-refractivity contribution is -0.206. The van der Waals surface area contributed by atoms with Crippen LogP contribution in [0, 0.1) is 0 Å². The van der Waals surface area contributed by atoms with E-state index in [1.807, 2.05) is 0 Å². The summed E-state index contributed by atoms with van der Waals surface area (Å²) in [6.07, 6.45) is -10.6. The van der Waals surface area contributed by atoms with Gasteiger partial charge < -0.3 is 5.11 Å². The minimum atomic E-state index is -4.93. The molecule has 3 aromatic rings. The van der Waals surface area contributed by atoms with E-state index in [0.29, 0.717) is 0 Å². The third kappa shape index (κ3) is 3.16. The molecule has 2 heterocycles. The molecule has 0 amide bonds. The first-order chi connectivity index (χ1) is 11.6. The number of halogens is 6. The van der Waals surface area contributed by atoms with E-state index < -0.39 is 29.7 Å². The molecule has 1 aromatic carbocycles. The zero-order chi connectivity index (χ0) is 18.4. The van der Waals surface area contributed by atoms with Crippen molar-refractivity contribution in [1.29, 1.82) is 0 Å². The van der Waals surface area contributed by atoms with Gasteiger partial charge in [-0.25, -0.2) is 4.68 Å². The summed E-state index contributed by atoms with van der Waals surface area (Å²) in [4.78, 5) is 3.57. The Morgan fingerprint density at radius 3 is 2.32 bits per heavy atom. The zero-order valence-electron chi connectivity index (χ0n) is 12.2. The van der Waals surface area contributed by atoms with Crippen LogP contribution in [-0.4, -0.2) is 26.0 Å². The molecule has 3 rings (SSSR count). The van der Waals surface area contributed by atoms with Crippen LogP contribution in [-0.2, 0) is 6.18 Å². The van der Waals surface area contributed by atoms with Crippen LogP contribution in [0.3, 0.4) is 0 Å². The minimum absolute atomic E-state index is 0.0512. The number of aromatic nitrogens is 3. The molecule has 0 spiro atoms. The lowest BCUT2D eigenvalue weighted by atomic mass is 10.1. The van der Waals surface area contributed by atoms with Crippen molar-refractivity contribution in [2.24, 2.45) is 0 Å². The Morgan fingerprint density at radius 2 is 1.68 bits per heavy atom. The maximum absolute atomic E-state index is 13.1. The summed E-state index contributed by atoms with van der Waals surface area (Å²) >= 11 is 0. The van der Waals surface area contributed by atoms with Crippen molar-refractivity contribution < 1.29 is 31.4 Å². The minimum Gasteiger partial charge on any atom is -0.379 e. The molecule has 132 valence electrons. The summed E-state index contributed by atoms with van der Waals surface area (Å²) in [5, 5.41) is 12.6. The summed E-state index contributed by atoms with van der Waals surface area (Å²) in [6.45, 7) is 0. The Morgan fingerprint density at radius 1 is 1.00 bits per heavy atom. The maximum Gasteiger partial charge on any atom is 0.435 e. The molecule has 0 aliphatic carbocycles. The number of aliphatic hydroxyl groups is 1. The largest absolute Gasteiger partial charge is 0.435 e. The van der Waals surface area contributed by atoms with Gasteiger partial charge in [-0.1, -0.05) is 18.2 Å². The molecule has 1 atom stereocenters. The third-order valence-corrected chi connectivity index (χ3v) is 3.47. The monoisotopic (exact) mass is 361 g/mol. The Hall–Kier alpha value is -2.62. The van der Waals surface area contributed by atoms with Crippen molar-refractivity contribution in [2.75, 3.05) is 0 Å². The highest BCUT2D eigenvalue weighted by molar-refractivity contribution is 5.83. The molecule has 0 unspecified atom stereocenters. The van der Waals surface area contributed by atoms with Crippen molar-refractivity contribution in [1.82, 2.24) is 14.8 Å². The van der Waals surface area contributed by atoms with Crippen LogP contribution in [0.2, 0.25) is 0 Å². The van der Waals surface area contributed by atoms with Gasteiger partial charge in [0.15, 0.2) is 11.8 Å². The predicted molar refractivity (Wildman–Crippen MR) is 74.9 cm³/mol. The topological polar surface area (TPSA) is 50.9 Å². The first-order valence-corrected chi connectivity index (χ1v) is 6.84. The van der Waals surface area contributed by atoms with Gasteiger partial charge in [0.2, 0.25) is 0 Å². The molecular weight excluding hydrogens is 352 g/mol. The van der Waals surface area contributed by atoms with E-state index in [2.05, 4.69) is 10.1 Å². The fourth-order valence-corrected chi connectivity index (χ4v) is 2.37. The molecule has 1 N–H and O–H groups in total. The molecule has 0 aliphatic heterocycles. The van der Waals surface area contributed by atoms with Crippen LogP contribution in [0.25, 0.3) is 16.6 Å². The molecule has 0 saturated heterocycles. The van der Waals surface area contributed by atoms with Crippen LogP contribution in [0.15, 0.2) is 42.7 Å². The highest BCUT2D eigenvalue weighted by atomic mass is 19.4.